The molecule has 2 aromatic rings. The number of thioether (sulfide) groups is 1. The second-order valence-corrected chi connectivity index (χ2v) is 6.60. The van der Waals surface area contributed by atoms with Crippen LogP contribution in [0.4, 0.5) is 0 Å². The van der Waals surface area contributed by atoms with Crippen molar-refractivity contribution < 1.29 is 9.90 Å². The van der Waals surface area contributed by atoms with E-state index in [-0.39, 0.29) is 5.75 Å². The number of hydrogen-bond donors (Lipinski definition) is 1. The smallest absolute Gasteiger partial charge is 0.313 e. The van der Waals surface area contributed by atoms with Crippen LogP contribution in [0.5, 0.6) is 0 Å². The highest BCUT2D eigenvalue weighted by molar-refractivity contribution is 7.99. The largest absolute Gasteiger partial charge is 0.481 e. The number of aryl methyl sites for hydroxylation is 1. The Kier molecular flexibility index (Phi) is 3.46. The van der Waals surface area contributed by atoms with Gasteiger partial charge in [0.15, 0.2) is 5.16 Å². The summed E-state index contributed by atoms with van der Waals surface area (Å²) in [6.45, 7) is 5.28. The third kappa shape index (κ3) is 2.68. The molecule has 0 aliphatic heterocycles. The molecule has 1 aromatic carbocycles. The van der Waals surface area contributed by atoms with Crippen LogP contribution in [0.2, 0.25) is 0 Å². The lowest BCUT2D eigenvalue weighted by Gasteiger charge is -2.08. The van der Waals surface area contributed by atoms with Gasteiger partial charge in [-0.25, -0.2) is 4.98 Å². The van der Waals surface area contributed by atoms with Gasteiger partial charge >= 0.3 is 5.97 Å². The summed E-state index contributed by atoms with van der Waals surface area (Å²) in [4.78, 5) is 15.4. The Hall–Kier alpha value is -1.49. The van der Waals surface area contributed by atoms with Gasteiger partial charge in [0.05, 0.1) is 16.8 Å². The molecule has 4 nitrogen and oxygen atoms in total. The Bertz CT molecular complexity index is 665. The zero-order valence-corrected chi connectivity index (χ0v) is 12.5. The van der Waals surface area contributed by atoms with Gasteiger partial charge < -0.3 is 9.67 Å². The van der Waals surface area contributed by atoms with E-state index in [0.717, 1.165) is 28.7 Å². The maximum absolute atomic E-state index is 10.8. The Morgan fingerprint density at radius 3 is 2.95 bits per heavy atom. The van der Waals surface area contributed by atoms with Crippen molar-refractivity contribution in [2.45, 2.75) is 32.0 Å². The summed E-state index contributed by atoms with van der Waals surface area (Å²) in [6.07, 6.45) is 1.26. The van der Waals surface area contributed by atoms with Gasteiger partial charge in [0, 0.05) is 6.54 Å². The Labute approximate surface area is 122 Å². The fourth-order valence-corrected chi connectivity index (χ4v) is 3.26. The first-order valence-corrected chi connectivity index (χ1v) is 7.84. The van der Waals surface area contributed by atoms with E-state index in [1.165, 1.54) is 23.7 Å². The molecule has 2 atom stereocenters. The van der Waals surface area contributed by atoms with E-state index in [4.69, 9.17) is 5.11 Å². The molecule has 20 heavy (non-hydrogen) atoms. The van der Waals surface area contributed by atoms with Crippen molar-refractivity contribution in [2.75, 3.05) is 5.75 Å². The number of carboxylic acids is 1. The third-order valence-electron chi connectivity index (χ3n) is 3.89. The van der Waals surface area contributed by atoms with E-state index in [9.17, 15) is 4.79 Å². The van der Waals surface area contributed by atoms with Crippen LogP contribution in [0.25, 0.3) is 11.0 Å². The Morgan fingerprint density at radius 2 is 2.30 bits per heavy atom. The fourth-order valence-electron chi connectivity index (χ4n) is 2.51. The van der Waals surface area contributed by atoms with Crippen LogP contribution in [-0.2, 0) is 11.3 Å². The number of aliphatic carboxylic acids is 1. The van der Waals surface area contributed by atoms with Gasteiger partial charge in [0.2, 0.25) is 0 Å². The van der Waals surface area contributed by atoms with Crippen molar-refractivity contribution in [3.8, 4) is 0 Å². The molecule has 1 aliphatic rings. The standard InChI is InChI=1S/C15H18N2O2S/c1-9-3-4-12-13(5-9)17(7-11-6-10(11)2)15(16-12)20-8-14(18)19/h3-5,10-11H,6-8H2,1-2H3,(H,18,19). The van der Waals surface area contributed by atoms with Crippen molar-refractivity contribution >= 4 is 28.8 Å². The first-order chi connectivity index (χ1) is 9.54. The number of carboxylic acid groups (broad SMARTS) is 1. The van der Waals surface area contributed by atoms with Crippen LogP contribution < -0.4 is 0 Å². The van der Waals surface area contributed by atoms with Gasteiger partial charge in [-0.1, -0.05) is 24.8 Å². The van der Waals surface area contributed by atoms with E-state index >= 15 is 0 Å². The maximum Gasteiger partial charge on any atom is 0.313 e. The molecule has 2 unspecified atom stereocenters. The summed E-state index contributed by atoms with van der Waals surface area (Å²) in [6, 6.07) is 6.20. The number of rotatable bonds is 5. The van der Waals surface area contributed by atoms with Gasteiger partial charge in [-0.05, 0) is 42.9 Å². The van der Waals surface area contributed by atoms with Crippen LogP contribution in [0.1, 0.15) is 18.9 Å². The van der Waals surface area contributed by atoms with Crippen molar-refractivity contribution in [1.29, 1.82) is 0 Å². The van der Waals surface area contributed by atoms with Crippen LogP contribution in [-0.4, -0.2) is 26.4 Å². The minimum atomic E-state index is -0.801. The SMILES string of the molecule is Cc1ccc2nc(SCC(=O)O)n(CC3CC3C)c2c1. The Morgan fingerprint density at radius 1 is 1.55 bits per heavy atom. The third-order valence-corrected chi connectivity index (χ3v) is 4.85. The van der Waals surface area contributed by atoms with Gasteiger partial charge in [-0.3, -0.25) is 4.79 Å². The molecule has 1 aliphatic carbocycles. The Balaban J connectivity index is 1.97. The second-order valence-electron chi connectivity index (χ2n) is 5.65. The predicted molar refractivity (Wildman–Crippen MR) is 80.1 cm³/mol. The monoisotopic (exact) mass is 290 g/mol. The van der Waals surface area contributed by atoms with Gasteiger partial charge in [0.1, 0.15) is 0 Å². The summed E-state index contributed by atoms with van der Waals surface area (Å²) < 4.78 is 2.20. The number of imidazole rings is 1. The first kappa shape index (κ1) is 13.5. The minimum absolute atomic E-state index is 0.0581. The lowest BCUT2D eigenvalue weighted by Crippen LogP contribution is -2.05. The van der Waals surface area contributed by atoms with Gasteiger partial charge in [-0.2, -0.15) is 0 Å². The average Bonchev–Trinajstić information content (AvgIpc) is 2.97. The molecule has 1 heterocycles. The normalized spacial score (nSPS) is 21.3. The predicted octanol–water partition coefficient (Wildman–Crippen LogP) is 3.18. The summed E-state index contributed by atoms with van der Waals surface area (Å²) in [5.41, 5.74) is 3.28. The molecule has 5 heteroatoms. The number of carbonyl (C=O) groups is 1. The van der Waals surface area contributed by atoms with Crippen LogP contribution in [0.3, 0.4) is 0 Å². The lowest BCUT2D eigenvalue weighted by atomic mass is 10.2. The molecule has 1 fully saturated rings. The number of hydrogen-bond acceptors (Lipinski definition) is 3. The van der Waals surface area contributed by atoms with Crippen LogP contribution in [0.15, 0.2) is 23.4 Å². The van der Waals surface area contributed by atoms with Crippen molar-refractivity contribution in [2.24, 2.45) is 11.8 Å². The van der Waals surface area contributed by atoms with E-state index < -0.39 is 5.97 Å². The lowest BCUT2D eigenvalue weighted by molar-refractivity contribution is -0.133. The second kappa shape index (κ2) is 5.13. The topological polar surface area (TPSA) is 55.1 Å². The molecule has 0 amide bonds. The summed E-state index contributed by atoms with van der Waals surface area (Å²) in [5.74, 6) is 0.735. The van der Waals surface area contributed by atoms with Crippen molar-refractivity contribution in [1.82, 2.24) is 9.55 Å². The number of aromatic nitrogens is 2. The van der Waals surface area contributed by atoms with Crippen LogP contribution >= 0.6 is 11.8 Å². The summed E-state index contributed by atoms with van der Waals surface area (Å²) in [5, 5.41) is 9.69. The van der Waals surface area contributed by atoms with Gasteiger partial charge in [-0.15, -0.1) is 0 Å². The molecular formula is C15H18N2O2S. The molecule has 3 rings (SSSR count). The van der Waals surface area contributed by atoms with E-state index in [1.807, 2.05) is 12.1 Å². The molecule has 1 N–H and O–H groups in total. The molecule has 1 aromatic heterocycles. The molecule has 0 bridgehead atoms. The summed E-state index contributed by atoms with van der Waals surface area (Å²) in [7, 11) is 0. The fraction of sp³-hybridized carbons (Fsp3) is 0.467. The van der Waals surface area contributed by atoms with Crippen molar-refractivity contribution in [3.63, 3.8) is 0 Å². The molecule has 0 spiro atoms. The van der Waals surface area contributed by atoms with E-state index in [2.05, 4.69) is 29.5 Å². The quantitative estimate of drug-likeness (QED) is 0.859. The van der Waals surface area contributed by atoms with Crippen molar-refractivity contribution in [3.05, 3.63) is 23.8 Å². The zero-order valence-electron chi connectivity index (χ0n) is 11.7. The molecule has 0 saturated heterocycles. The molecule has 106 valence electrons. The number of fused-ring (bicyclic) bond motifs is 1. The average molecular weight is 290 g/mol. The summed E-state index contributed by atoms with van der Waals surface area (Å²) >= 11 is 1.31. The molecule has 0 radical (unpaired) electrons. The highest BCUT2D eigenvalue weighted by Crippen LogP contribution is 2.40. The minimum Gasteiger partial charge on any atom is -0.481 e. The first-order valence-electron chi connectivity index (χ1n) is 6.86. The number of nitrogens with zero attached hydrogens (tertiary/aromatic N) is 2. The van der Waals surface area contributed by atoms with E-state index in [0.29, 0.717) is 5.92 Å². The highest BCUT2D eigenvalue weighted by atomic mass is 32.2. The highest BCUT2D eigenvalue weighted by Gasteiger charge is 2.33. The zero-order chi connectivity index (χ0) is 14.3. The van der Waals surface area contributed by atoms with Gasteiger partial charge in [0.25, 0.3) is 0 Å². The molecular weight excluding hydrogens is 272 g/mol. The van der Waals surface area contributed by atoms with E-state index in [1.54, 1.807) is 0 Å². The molecule has 1 saturated carbocycles. The maximum atomic E-state index is 10.8. The number of benzene rings is 1. The van der Waals surface area contributed by atoms with Crippen LogP contribution in [0, 0.1) is 18.8 Å².